The highest BCUT2D eigenvalue weighted by molar-refractivity contribution is 7.98. The van der Waals surface area contributed by atoms with Gasteiger partial charge in [-0.1, -0.05) is 19.8 Å². The van der Waals surface area contributed by atoms with Crippen LogP contribution in [-0.4, -0.2) is 34.6 Å². The summed E-state index contributed by atoms with van der Waals surface area (Å²) in [6, 6.07) is 4.13. The van der Waals surface area contributed by atoms with Crippen molar-refractivity contribution in [1.29, 1.82) is 0 Å². The molecule has 0 N–H and O–H groups in total. The average molecular weight is 429 g/mol. The number of rotatable bonds is 12. The van der Waals surface area contributed by atoms with E-state index in [4.69, 9.17) is 0 Å². The molecular weight excluding hydrogens is 388 g/mol. The summed E-state index contributed by atoms with van der Waals surface area (Å²) in [7, 11) is 0. The number of unbranched alkanes of at least 4 members (excludes halogenated alkanes) is 2. The molecule has 0 spiro atoms. The lowest BCUT2D eigenvalue weighted by molar-refractivity contribution is -0.132. The van der Waals surface area contributed by atoms with Crippen LogP contribution in [0.1, 0.15) is 83.1 Å². The number of aromatic nitrogens is 1. The van der Waals surface area contributed by atoms with Gasteiger partial charge in [-0.3, -0.25) is 9.78 Å². The van der Waals surface area contributed by atoms with Crippen molar-refractivity contribution in [2.24, 2.45) is 23.2 Å². The van der Waals surface area contributed by atoms with Gasteiger partial charge in [-0.05, 0) is 92.2 Å². The molecule has 4 fully saturated rings. The highest BCUT2D eigenvalue weighted by Gasteiger charge is 2.50. The molecule has 166 valence electrons. The zero-order valence-corrected chi connectivity index (χ0v) is 19.7. The Bertz CT molecular complexity index is 642. The van der Waals surface area contributed by atoms with Crippen LogP contribution in [0.25, 0.3) is 0 Å². The van der Waals surface area contributed by atoms with Crippen molar-refractivity contribution in [3.8, 4) is 0 Å². The topological polar surface area (TPSA) is 33.2 Å². The third-order valence-corrected chi connectivity index (χ3v) is 8.97. The van der Waals surface area contributed by atoms with Gasteiger partial charge < -0.3 is 4.90 Å². The Morgan fingerprint density at radius 2 is 1.73 bits per heavy atom. The second-order valence-electron chi connectivity index (χ2n) is 10.4. The van der Waals surface area contributed by atoms with E-state index in [0.29, 0.717) is 17.7 Å². The summed E-state index contributed by atoms with van der Waals surface area (Å²) >= 11 is 1.87. The van der Waals surface area contributed by atoms with Crippen molar-refractivity contribution in [2.45, 2.75) is 83.3 Å². The molecule has 1 aromatic rings. The number of nitrogens with zero attached hydrogens (tertiary/aromatic N) is 2. The molecular formula is C26H40N2OS. The molecule has 0 aromatic carbocycles. The summed E-state index contributed by atoms with van der Waals surface area (Å²) in [5, 5.41) is 0. The normalized spacial score (nSPS) is 29.3. The van der Waals surface area contributed by atoms with Crippen LogP contribution in [0.2, 0.25) is 0 Å². The highest BCUT2D eigenvalue weighted by Crippen LogP contribution is 2.61. The molecule has 1 aromatic heterocycles. The molecule has 0 aliphatic heterocycles. The van der Waals surface area contributed by atoms with Gasteiger partial charge >= 0.3 is 0 Å². The van der Waals surface area contributed by atoms with E-state index in [1.165, 1.54) is 63.4 Å². The monoisotopic (exact) mass is 428 g/mol. The smallest absolute Gasteiger partial charge is 0.223 e. The maximum atomic E-state index is 13.1. The Hall–Kier alpha value is -1.03. The van der Waals surface area contributed by atoms with Crippen LogP contribution in [0.3, 0.4) is 0 Å². The van der Waals surface area contributed by atoms with E-state index in [0.717, 1.165) is 48.8 Å². The summed E-state index contributed by atoms with van der Waals surface area (Å²) in [4.78, 5) is 19.4. The minimum Gasteiger partial charge on any atom is -0.343 e. The van der Waals surface area contributed by atoms with Gasteiger partial charge in [0.1, 0.15) is 0 Å². The summed E-state index contributed by atoms with van der Waals surface area (Å²) in [6.45, 7) is 4.22. The van der Waals surface area contributed by atoms with Crippen molar-refractivity contribution in [3.63, 3.8) is 0 Å². The van der Waals surface area contributed by atoms with Gasteiger partial charge in [-0.25, -0.2) is 0 Å². The molecule has 0 radical (unpaired) electrons. The molecule has 0 unspecified atom stereocenters. The first kappa shape index (κ1) is 22.2. The first-order valence-electron chi connectivity index (χ1n) is 12.4. The SMILES string of the molecule is CCCCCN(CCC12CC3CC(CC(C3)C1)C2)C(=O)CCSCc1ccncc1. The van der Waals surface area contributed by atoms with E-state index >= 15 is 0 Å². The van der Waals surface area contributed by atoms with Gasteiger partial charge in [0.2, 0.25) is 5.91 Å². The second kappa shape index (κ2) is 10.5. The summed E-state index contributed by atoms with van der Waals surface area (Å²) in [5.41, 5.74) is 1.87. The van der Waals surface area contributed by atoms with E-state index in [1.807, 2.05) is 24.2 Å². The minimum atomic E-state index is 0.387. The van der Waals surface area contributed by atoms with Crippen molar-refractivity contribution in [1.82, 2.24) is 9.88 Å². The number of carbonyl (C=O) groups is 1. The Morgan fingerprint density at radius 1 is 1.07 bits per heavy atom. The Kier molecular flexibility index (Phi) is 7.78. The van der Waals surface area contributed by atoms with Crippen LogP contribution in [-0.2, 0) is 10.5 Å². The van der Waals surface area contributed by atoms with Gasteiger partial charge in [0.15, 0.2) is 0 Å². The molecule has 1 heterocycles. The number of hydrogen-bond acceptors (Lipinski definition) is 3. The molecule has 4 heteroatoms. The Labute approximate surface area is 187 Å². The number of carbonyl (C=O) groups excluding carboxylic acids is 1. The van der Waals surface area contributed by atoms with Gasteiger partial charge in [0, 0.05) is 43.4 Å². The average Bonchev–Trinajstić information content (AvgIpc) is 2.73. The van der Waals surface area contributed by atoms with E-state index < -0.39 is 0 Å². The lowest BCUT2D eigenvalue weighted by Gasteiger charge is -2.57. The summed E-state index contributed by atoms with van der Waals surface area (Å²) in [6.07, 6.45) is 18.1. The molecule has 0 atom stereocenters. The molecule has 4 bridgehead atoms. The van der Waals surface area contributed by atoms with E-state index in [-0.39, 0.29) is 0 Å². The molecule has 4 aliphatic rings. The third-order valence-electron chi connectivity index (χ3n) is 7.94. The van der Waals surface area contributed by atoms with Crippen LogP contribution in [0, 0.1) is 23.2 Å². The lowest BCUT2D eigenvalue weighted by Crippen LogP contribution is -2.47. The van der Waals surface area contributed by atoms with E-state index in [1.54, 1.807) is 0 Å². The fourth-order valence-corrected chi connectivity index (χ4v) is 7.76. The molecule has 0 saturated heterocycles. The number of thioether (sulfide) groups is 1. The zero-order chi connectivity index (χ0) is 20.8. The van der Waals surface area contributed by atoms with Crippen LogP contribution >= 0.6 is 11.8 Å². The van der Waals surface area contributed by atoms with Crippen molar-refractivity contribution in [2.75, 3.05) is 18.8 Å². The number of pyridine rings is 1. The zero-order valence-electron chi connectivity index (χ0n) is 18.9. The van der Waals surface area contributed by atoms with E-state index in [9.17, 15) is 4.79 Å². The highest BCUT2D eigenvalue weighted by atomic mass is 32.2. The van der Waals surface area contributed by atoms with Crippen LogP contribution in [0.4, 0.5) is 0 Å². The molecule has 1 amide bonds. The third kappa shape index (κ3) is 5.81. The second-order valence-corrected chi connectivity index (χ2v) is 11.5. The minimum absolute atomic E-state index is 0.387. The maximum absolute atomic E-state index is 13.1. The molecule has 4 saturated carbocycles. The largest absolute Gasteiger partial charge is 0.343 e. The fourth-order valence-electron chi connectivity index (χ4n) is 6.87. The van der Waals surface area contributed by atoms with Gasteiger partial charge in [0.05, 0.1) is 0 Å². The van der Waals surface area contributed by atoms with E-state index in [2.05, 4.69) is 28.9 Å². The standard InChI is InChI=1S/C26H40N2OS/c1-2-3-4-11-28(25(29)7-13-30-20-21-5-9-27-10-6-21)12-8-26-17-22-14-23(18-26)16-24(15-22)19-26/h5-6,9-10,22-24H,2-4,7-8,11-20H2,1H3. The molecule has 4 aliphatic carbocycles. The fraction of sp³-hybridized carbons (Fsp3) is 0.769. The van der Waals surface area contributed by atoms with Crippen LogP contribution < -0.4 is 0 Å². The van der Waals surface area contributed by atoms with Gasteiger partial charge in [0.25, 0.3) is 0 Å². The molecule has 5 rings (SSSR count). The number of amides is 1. The maximum Gasteiger partial charge on any atom is 0.223 e. The molecule has 30 heavy (non-hydrogen) atoms. The van der Waals surface area contributed by atoms with Crippen molar-refractivity contribution < 1.29 is 4.79 Å². The van der Waals surface area contributed by atoms with Crippen LogP contribution in [0.5, 0.6) is 0 Å². The van der Waals surface area contributed by atoms with Gasteiger partial charge in [-0.15, -0.1) is 0 Å². The first-order chi connectivity index (χ1) is 14.7. The number of hydrogen-bond donors (Lipinski definition) is 0. The quantitative estimate of drug-likeness (QED) is 0.365. The van der Waals surface area contributed by atoms with Crippen LogP contribution in [0.15, 0.2) is 24.5 Å². The summed E-state index contributed by atoms with van der Waals surface area (Å²) < 4.78 is 0. The summed E-state index contributed by atoms with van der Waals surface area (Å²) in [5.74, 6) is 5.29. The van der Waals surface area contributed by atoms with Crippen molar-refractivity contribution >= 4 is 17.7 Å². The predicted octanol–water partition coefficient (Wildman–Crippen LogP) is 6.33. The predicted molar refractivity (Wildman–Crippen MR) is 126 cm³/mol. The van der Waals surface area contributed by atoms with Gasteiger partial charge in [-0.2, -0.15) is 11.8 Å². The Morgan fingerprint density at radius 3 is 2.37 bits per heavy atom. The lowest BCUT2D eigenvalue weighted by atomic mass is 9.49. The van der Waals surface area contributed by atoms with Crippen molar-refractivity contribution in [3.05, 3.63) is 30.1 Å². The first-order valence-corrected chi connectivity index (χ1v) is 13.6. The Balaban J connectivity index is 1.26. The molecule has 3 nitrogen and oxygen atoms in total.